The fraction of sp³-hybridized carbons (Fsp3) is 0.600. The zero-order chi connectivity index (χ0) is 20.2. The quantitative estimate of drug-likeness (QED) is 0.849. The van der Waals surface area contributed by atoms with Crippen molar-refractivity contribution in [3.05, 3.63) is 29.3 Å². The van der Waals surface area contributed by atoms with E-state index in [4.69, 9.17) is 14.6 Å². The van der Waals surface area contributed by atoms with Crippen molar-refractivity contribution in [3.8, 4) is 5.75 Å². The first kappa shape index (κ1) is 21.0. The van der Waals surface area contributed by atoms with Gasteiger partial charge < -0.3 is 19.5 Å². The minimum Gasteiger partial charge on any atom is -0.496 e. The van der Waals surface area contributed by atoms with E-state index >= 15 is 0 Å². The van der Waals surface area contributed by atoms with E-state index in [2.05, 4.69) is 4.90 Å². The van der Waals surface area contributed by atoms with Gasteiger partial charge >= 0.3 is 12.1 Å². The molecule has 7 nitrogen and oxygen atoms in total. The molecule has 1 N–H and O–H groups in total. The Hall–Kier alpha value is -2.28. The molecule has 7 heteroatoms. The Morgan fingerprint density at radius 2 is 1.96 bits per heavy atom. The molecule has 1 aromatic carbocycles. The Kier molecular flexibility index (Phi) is 6.70. The minimum atomic E-state index is -0.864. The third-order valence-corrected chi connectivity index (χ3v) is 4.44. The van der Waals surface area contributed by atoms with Crippen LogP contribution in [0.1, 0.15) is 38.8 Å². The van der Waals surface area contributed by atoms with Crippen molar-refractivity contribution in [1.82, 2.24) is 9.80 Å². The molecular weight excluding hydrogens is 348 g/mol. The highest BCUT2D eigenvalue weighted by Crippen LogP contribution is 2.24. The van der Waals surface area contributed by atoms with Crippen molar-refractivity contribution >= 4 is 12.1 Å². The van der Waals surface area contributed by atoms with Gasteiger partial charge in [-0.3, -0.25) is 9.69 Å². The van der Waals surface area contributed by atoms with E-state index in [1.54, 1.807) is 18.1 Å². The SMILES string of the molecule is COc1cc(CC(=O)O)ccc1CN1CCN(C(=O)OC(C)(C)C)[C@@H](C)C1. The first-order chi connectivity index (χ1) is 12.6. The molecule has 0 radical (unpaired) electrons. The monoisotopic (exact) mass is 378 g/mol. The summed E-state index contributed by atoms with van der Waals surface area (Å²) in [5.41, 5.74) is 1.22. The Bertz CT molecular complexity index is 683. The van der Waals surface area contributed by atoms with Crippen LogP contribution in [0.3, 0.4) is 0 Å². The van der Waals surface area contributed by atoms with E-state index < -0.39 is 11.6 Å². The molecule has 1 aromatic rings. The number of hydrogen-bond acceptors (Lipinski definition) is 5. The molecule has 1 aliphatic heterocycles. The molecule has 1 heterocycles. The molecule has 0 unspecified atom stereocenters. The Morgan fingerprint density at radius 3 is 2.52 bits per heavy atom. The van der Waals surface area contributed by atoms with Crippen molar-refractivity contribution in [2.75, 3.05) is 26.7 Å². The van der Waals surface area contributed by atoms with Crippen LogP contribution in [0.15, 0.2) is 18.2 Å². The van der Waals surface area contributed by atoms with E-state index in [0.29, 0.717) is 24.4 Å². The molecule has 0 bridgehead atoms. The van der Waals surface area contributed by atoms with E-state index in [1.165, 1.54) is 0 Å². The number of carboxylic acid groups (broad SMARTS) is 1. The third kappa shape index (κ3) is 6.13. The third-order valence-electron chi connectivity index (χ3n) is 4.44. The van der Waals surface area contributed by atoms with Crippen LogP contribution in [0.5, 0.6) is 5.75 Å². The van der Waals surface area contributed by atoms with E-state index in [9.17, 15) is 9.59 Å². The van der Waals surface area contributed by atoms with Crippen LogP contribution in [0.4, 0.5) is 4.79 Å². The van der Waals surface area contributed by atoms with Crippen LogP contribution in [-0.2, 0) is 22.5 Å². The van der Waals surface area contributed by atoms with Gasteiger partial charge in [0.15, 0.2) is 0 Å². The minimum absolute atomic E-state index is 0.0256. The maximum Gasteiger partial charge on any atom is 0.410 e. The van der Waals surface area contributed by atoms with Gasteiger partial charge in [-0.2, -0.15) is 0 Å². The Morgan fingerprint density at radius 1 is 1.26 bits per heavy atom. The first-order valence-electron chi connectivity index (χ1n) is 9.18. The number of carbonyl (C=O) groups excluding carboxylic acids is 1. The molecule has 0 saturated carbocycles. The molecule has 1 fully saturated rings. The van der Waals surface area contributed by atoms with Gasteiger partial charge in [0.1, 0.15) is 11.4 Å². The molecule has 1 atom stereocenters. The number of carboxylic acids is 1. The topological polar surface area (TPSA) is 79.3 Å². The maximum absolute atomic E-state index is 12.3. The summed E-state index contributed by atoms with van der Waals surface area (Å²) in [6, 6.07) is 5.57. The summed E-state index contributed by atoms with van der Waals surface area (Å²) in [6.45, 7) is 10.4. The molecule has 0 spiro atoms. The fourth-order valence-electron chi connectivity index (χ4n) is 3.21. The summed E-state index contributed by atoms with van der Waals surface area (Å²) in [4.78, 5) is 27.3. The number of nitrogens with zero attached hydrogens (tertiary/aromatic N) is 2. The zero-order valence-corrected chi connectivity index (χ0v) is 16.8. The van der Waals surface area contributed by atoms with Gasteiger partial charge in [0.25, 0.3) is 0 Å². The number of ether oxygens (including phenoxy) is 2. The lowest BCUT2D eigenvalue weighted by Gasteiger charge is -2.40. The van der Waals surface area contributed by atoms with Crippen molar-refractivity contribution in [3.63, 3.8) is 0 Å². The standard InChI is InChI=1S/C20H30N2O5/c1-14-12-21(8-9-22(14)19(25)27-20(2,3)4)13-16-7-6-15(11-18(23)24)10-17(16)26-5/h6-7,10,14H,8-9,11-13H2,1-5H3,(H,23,24)/t14-/m0/s1. The average Bonchev–Trinajstić information content (AvgIpc) is 2.54. The summed E-state index contributed by atoms with van der Waals surface area (Å²) >= 11 is 0. The second-order valence-corrected chi connectivity index (χ2v) is 7.97. The maximum atomic E-state index is 12.3. The van der Waals surface area contributed by atoms with Crippen molar-refractivity contribution < 1.29 is 24.2 Å². The van der Waals surface area contributed by atoms with Gasteiger partial charge in [-0.1, -0.05) is 12.1 Å². The van der Waals surface area contributed by atoms with Crippen LogP contribution in [-0.4, -0.2) is 65.4 Å². The molecule has 1 saturated heterocycles. The summed E-state index contributed by atoms with van der Waals surface area (Å²) in [5.74, 6) is -0.173. The van der Waals surface area contributed by atoms with Crippen molar-refractivity contribution in [2.24, 2.45) is 0 Å². The smallest absolute Gasteiger partial charge is 0.410 e. The van der Waals surface area contributed by atoms with Crippen LogP contribution >= 0.6 is 0 Å². The van der Waals surface area contributed by atoms with E-state index in [1.807, 2.05) is 39.8 Å². The lowest BCUT2D eigenvalue weighted by atomic mass is 10.1. The largest absolute Gasteiger partial charge is 0.496 e. The number of piperazine rings is 1. The number of benzene rings is 1. The lowest BCUT2D eigenvalue weighted by molar-refractivity contribution is -0.136. The Balaban J connectivity index is 2.00. The van der Waals surface area contributed by atoms with E-state index in [0.717, 1.165) is 18.7 Å². The number of methoxy groups -OCH3 is 1. The number of carbonyl (C=O) groups is 2. The van der Waals surface area contributed by atoms with Gasteiger partial charge in [0.05, 0.1) is 13.5 Å². The van der Waals surface area contributed by atoms with Crippen molar-refractivity contribution in [1.29, 1.82) is 0 Å². The van der Waals surface area contributed by atoms with Gasteiger partial charge in [-0.15, -0.1) is 0 Å². The second-order valence-electron chi connectivity index (χ2n) is 7.97. The van der Waals surface area contributed by atoms with Gasteiger partial charge in [0.2, 0.25) is 0 Å². The van der Waals surface area contributed by atoms with Crippen LogP contribution in [0, 0.1) is 0 Å². The van der Waals surface area contributed by atoms with Crippen LogP contribution in [0.2, 0.25) is 0 Å². The fourth-order valence-corrected chi connectivity index (χ4v) is 3.21. The van der Waals surface area contributed by atoms with Gasteiger partial charge in [0, 0.05) is 37.8 Å². The number of hydrogen-bond donors (Lipinski definition) is 1. The number of aliphatic carboxylic acids is 1. The highest BCUT2D eigenvalue weighted by Gasteiger charge is 2.31. The second kappa shape index (κ2) is 8.61. The van der Waals surface area contributed by atoms with Gasteiger partial charge in [-0.05, 0) is 39.3 Å². The number of rotatable bonds is 5. The highest BCUT2D eigenvalue weighted by molar-refractivity contribution is 5.70. The molecule has 1 aliphatic rings. The Labute approximate surface area is 160 Å². The lowest BCUT2D eigenvalue weighted by Crippen LogP contribution is -2.54. The molecule has 0 aliphatic carbocycles. The summed E-state index contributed by atoms with van der Waals surface area (Å²) < 4.78 is 10.9. The molecule has 0 aromatic heterocycles. The van der Waals surface area contributed by atoms with Crippen molar-refractivity contribution in [2.45, 2.75) is 52.3 Å². The predicted octanol–water partition coefficient (Wildman–Crippen LogP) is 2.76. The average molecular weight is 378 g/mol. The predicted molar refractivity (Wildman–Crippen MR) is 102 cm³/mol. The zero-order valence-electron chi connectivity index (χ0n) is 16.8. The molecule has 2 rings (SSSR count). The number of amides is 1. The van der Waals surface area contributed by atoms with Crippen LogP contribution in [0.25, 0.3) is 0 Å². The van der Waals surface area contributed by atoms with E-state index in [-0.39, 0.29) is 18.6 Å². The van der Waals surface area contributed by atoms with Crippen LogP contribution < -0.4 is 4.74 Å². The van der Waals surface area contributed by atoms with Gasteiger partial charge in [-0.25, -0.2) is 4.79 Å². The molecule has 150 valence electrons. The summed E-state index contributed by atoms with van der Waals surface area (Å²) in [7, 11) is 1.59. The first-order valence-corrected chi connectivity index (χ1v) is 9.18. The molecule has 1 amide bonds. The molecular formula is C20H30N2O5. The summed E-state index contributed by atoms with van der Waals surface area (Å²) in [5, 5.41) is 8.94. The highest BCUT2D eigenvalue weighted by atomic mass is 16.6. The summed E-state index contributed by atoms with van der Waals surface area (Å²) in [6.07, 6.45) is -0.298. The molecule has 27 heavy (non-hydrogen) atoms. The normalized spacial score (nSPS) is 18.3.